The first-order valence-corrected chi connectivity index (χ1v) is 5.73. The quantitative estimate of drug-likeness (QED) is 0.744. The van der Waals surface area contributed by atoms with Crippen molar-refractivity contribution in [2.24, 2.45) is 5.73 Å². The molecule has 0 radical (unpaired) electrons. The maximum Gasteiger partial charge on any atom is 0.134 e. The number of furan rings is 1. The van der Waals surface area contributed by atoms with Crippen LogP contribution < -0.4 is 5.73 Å². The number of para-hydroxylation sites is 1. The number of nitrogens with two attached hydrogens (primary N) is 1. The highest BCUT2D eigenvalue weighted by Gasteiger charge is 2.14. The van der Waals surface area contributed by atoms with Crippen LogP contribution in [0.5, 0.6) is 0 Å². The molecular weight excluding hydrogens is 229 g/mol. The van der Waals surface area contributed by atoms with E-state index in [1.54, 1.807) is 12.1 Å². The van der Waals surface area contributed by atoms with Gasteiger partial charge in [0.1, 0.15) is 17.2 Å². The van der Waals surface area contributed by atoms with Gasteiger partial charge in [-0.2, -0.15) is 0 Å². The molecule has 1 aromatic heterocycles. The average Bonchev–Trinajstić information content (AvgIpc) is 2.81. The van der Waals surface area contributed by atoms with E-state index in [1.165, 1.54) is 12.1 Å². The van der Waals surface area contributed by atoms with Crippen molar-refractivity contribution in [2.75, 3.05) is 0 Å². The molecule has 3 rings (SSSR count). The topological polar surface area (TPSA) is 39.2 Å². The lowest BCUT2D eigenvalue weighted by molar-refractivity contribution is 0.523. The minimum Gasteiger partial charge on any atom is -0.459 e. The molecule has 0 unspecified atom stereocenters. The van der Waals surface area contributed by atoms with Gasteiger partial charge in [0.15, 0.2) is 0 Å². The molecule has 0 aliphatic carbocycles. The first-order chi connectivity index (χ1) is 8.74. The third-order valence-corrected chi connectivity index (χ3v) is 2.96. The van der Waals surface area contributed by atoms with Crippen molar-refractivity contribution < 1.29 is 8.81 Å². The normalized spacial score (nSPS) is 12.8. The minimum atomic E-state index is -0.451. The Morgan fingerprint density at radius 2 is 1.83 bits per heavy atom. The SMILES string of the molecule is N[C@H](c1cccc(F)c1)c1cc2ccccc2o1. The Morgan fingerprint density at radius 1 is 1.00 bits per heavy atom. The molecule has 0 aliphatic rings. The molecule has 0 aliphatic heterocycles. The fourth-order valence-electron chi connectivity index (χ4n) is 2.02. The van der Waals surface area contributed by atoms with E-state index in [4.69, 9.17) is 10.2 Å². The maximum atomic E-state index is 13.2. The van der Waals surface area contributed by atoms with Gasteiger partial charge in [0.05, 0.1) is 6.04 Å². The van der Waals surface area contributed by atoms with Crippen LogP contribution in [0.3, 0.4) is 0 Å². The highest BCUT2D eigenvalue weighted by atomic mass is 19.1. The predicted molar refractivity (Wildman–Crippen MR) is 68.6 cm³/mol. The smallest absolute Gasteiger partial charge is 0.134 e. The lowest BCUT2D eigenvalue weighted by atomic mass is 10.1. The van der Waals surface area contributed by atoms with Gasteiger partial charge in [0.25, 0.3) is 0 Å². The summed E-state index contributed by atoms with van der Waals surface area (Å²) >= 11 is 0. The summed E-state index contributed by atoms with van der Waals surface area (Å²) in [4.78, 5) is 0. The molecule has 1 heterocycles. The summed E-state index contributed by atoms with van der Waals surface area (Å²) in [6, 6.07) is 15.4. The van der Waals surface area contributed by atoms with Gasteiger partial charge in [0.2, 0.25) is 0 Å². The molecule has 18 heavy (non-hydrogen) atoms. The van der Waals surface area contributed by atoms with Gasteiger partial charge in [-0.15, -0.1) is 0 Å². The maximum absolute atomic E-state index is 13.2. The number of fused-ring (bicyclic) bond motifs is 1. The van der Waals surface area contributed by atoms with Crippen LogP contribution in [0.4, 0.5) is 4.39 Å². The Morgan fingerprint density at radius 3 is 2.61 bits per heavy atom. The van der Waals surface area contributed by atoms with E-state index < -0.39 is 6.04 Å². The summed E-state index contributed by atoms with van der Waals surface area (Å²) in [5, 5.41) is 0.999. The molecule has 1 atom stereocenters. The second kappa shape index (κ2) is 4.27. The minimum absolute atomic E-state index is 0.293. The number of benzene rings is 2. The summed E-state index contributed by atoms with van der Waals surface area (Å²) in [6.45, 7) is 0. The number of halogens is 1. The van der Waals surface area contributed by atoms with Gasteiger partial charge in [-0.05, 0) is 29.8 Å². The van der Waals surface area contributed by atoms with Gasteiger partial charge >= 0.3 is 0 Å². The van der Waals surface area contributed by atoms with Crippen LogP contribution in [0, 0.1) is 5.82 Å². The first kappa shape index (κ1) is 11.0. The molecule has 0 amide bonds. The van der Waals surface area contributed by atoms with Crippen molar-refractivity contribution in [3.05, 3.63) is 71.7 Å². The zero-order valence-electron chi connectivity index (χ0n) is 9.64. The molecule has 3 heteroatoms. The van der Waals surface area contributed by atoms with Crippen LogP contribution in [-0.4, -0.2) is 0 Å². The molecule has 90 valence electrons. The van der Waals surface area contributed by atoms with E-state index in [0.29, 0.717) is 11.3 Å². The Bertz CT molecular complexity index is 657. The second-order valence-corrected chi connectivity index (χ2v) is 4.22. The highest BCUT2D eigenvalue weighted by Crippen LogP contribution is 2.26. The molecule has 0 saturated carbocycles. The summed E-state index contributed by atoms with van der Waals surface area (Å²) < 4.78 is 18.8. The van der Waals surface area contributed by atoms with E-state index in [9.17, 15) is 4.39 Å². The van der Waals surface area contributed by atoms with Gasteiger partial charge < -0.3 is 10.2 Å². The van der Waals surface area contributed by atoms with Crippen molar-refractivity contribution >= 4 is 11.0 Å². The van der Waals surface area contributed by atoms with E-state index >= 15 is 0 Å². The number of rotatable bonds is 2. The number of hydrogen-bond acceptors (Lipinski definition) is 2. The van der Waals surface area contributed by atoms with Crippen LogP contribution in [-0.2, 0) is 0 Å². The van der Waals surface area contributed by atoms with Crippen molar-refractivity contribution in [1.82, 2.24) is 0 Å². The van der Waals surface area contributed by atoms with Crippen LogP contribution in [0.1, 0.15) is 17.4 Å². The van der Waals surface area contributed by atoms with Gasteiger partial charge in [-0.3, -0.25) is 0 Å². The molecule has 2 N–H and O–H groups in total. The van der Waals surface area contributed by atoms with E-state index in [1.807, 2.05) is 30.3 Å². The lowest BCUT2D eigenvalue weighted by Gasteiger charge is -2.08. The van der Waals surface area contributed by atoms with Crippen LogP contribution >= 0.6 is 0 Å². The van der Waals surface area contributed by atoms with Crippen molar-refractivity contribution in [3.8, 4) is 0 Å². The zero-order chi connectivity index (χ0) is 12.5. The fourth-order valence-corrected chi connectivity index (χ4v) is 2.02. The first-order valence-electron chi connectivity index (χ1n) is 5.73. The zero-order valence-corrected chi connectivity index (χ0v) is 9.64. The third kappa shape index (κ3) is 1.89. The Labute approximate surface area is 104 Å². The third-order valence-electron chi connectivity index (χ3n) is 2.96. The molecule has 3 aromatic rings. The molecule has 2 aromatic carbocycles. The Balaban J connectivity index is 2.03. The van der Waals surface area contributed by atoms with Crippen molar-refractivity contribution in [1.29, 1.82) is 0 Å². The molecule has 0 saturated heterocycles. The molecule has 0 bridgehead atoms. The van der Waals surface area contributed by atoms with E-state index in [-0.39, 0.29) is 5.82 Å². The van der Waals surface area contributed by atoms with E-state index in [2.05, 4.69) is 0 Å². The monoisotopic (exact) mass is 241 g/mol. The van der Waals surface area contributed by atoms with E-state index in [0.717, 1.165) is 11.0 Å². The summed E-state index contributed by atoms with van der Waals surface area (Å²) in [7, 11) is 0. The summed E-state index contributed by atoms with van der Waals surface area (Å²) in [5.41, 5.74) is 7.58. The van der Waals surface area contributed by atoms with Gasteiger partial charge in [-0.1, -0.05) is 30.3 Å². The summed E-state index contributed by atoms with van der Waals surface area (Å²) in [6.07, 6.45) is 0. The Kier molecular flexibility index (Phi) is 2.61. The predicted octanol–water partition coefficient (Wildman–Crippen LogP) is 3.62. The molecule has 2 nitrogen and oxygen atoms in total. The molecular formula is C15H12FNO. The van der Waals surface area contributed by atoms with Crippen LogP contribution in [0.15, 0.2) is 59.0 Å². The average molecular weight is 241 g/mol. The number of hydrogen-bond donors (Lipinski definition) is 1. The fraction of sp³-hybridized carbons (Fsp3) is 0.0667. The van der Waals surface area contributed by atoms with Crippen molar-refractivity contribution in [3.63, 3.8) is 0 Å². The largest absolute Gasteiger partial charge is 0.459 e. The van der Waals surface area contributed by atoms with Crippen molar-refractivity contribution in [2.45, 2.75) is 6.04 Å². The van der Waals surface area contributed by atoms with Gasteiger partial charge in [0, 0.05) is 5.39 Å². The summed E-state index contributed by atoms with van der Waals surface area (Å²) in [5.74, 6) is 0.348. The molecule has 0 fully saturated rings. The molecule has 0 spiro atoms. The van der Waals surface area contributed by atoms with Crippen LogP contribution in [0.2, 0.25) is 0 Å². The standard InChI is InChI=1S/C15H12FNO/c16-12-6-3-5-11(8-12)15(17)14-9-10-4-1-2-7-13(10)18-14/h1-9,15H,17H2/t15-/m1/s1. The lowest BCUT2D eigenvalue weighted by Crippen LogP contribution is -2.10. The second-order valence-electron chi connectivity index (χ2n) is 4.22. The Hall–Kier alpha value is -2.13. The van der Waals surface area contributed by atoms with Gasteiger partial charge in [-0.25, -0.2) is 4.39 Å². The highest BCUT2D eigenvalue weighted by molar-refractivity contribution is 5.77. The van der Waals surface area contributed by atoms with Crippen LogP contribution in [0.25, 0.3) is 11.0 Å².